The minimum absolute atomic E-state index is 0.0844. The molecule has 4 heteroatoms. The molecule has 0 amide bonds. The Morgan fingerprint density at radius 1 is 1.67 bits per heavy atom. The van der Waals surface area contributed by atoms with Crippen LogP contribution in [0.3, 0.4) is 0 Å². The minimum atomic E-state index is -0.627. The third-order valence-electron chi connectivity index (χ3n) is 2.77. The fourth-order valence-corrected chi connectivity index (χ4v) is 1.60. The van der Waals surface area contributed by atoms with Gasteiger partial charge < -0.3 is 15.2 Å². The van der Waals surface area contributed by atoms with Crippen molar-refractivity contribution in [2.75, 3.05) is 19.7 Å². The first-order valence-corrected chi connectivity index (χ1v) is 5.67. The molecule has 0 aliphatic heterocycles. The van der Waals surface area contributed by atoms with E-state index in [1.807, 2.05) is 0 Å². The zero-order chi connectivity index (χ0) is 11.3. The molecule has 4 nitrogen and oxygen atoms in total. The van der Waals surface area contributed by atoms with Gasteiger partial charge >= 0.3 is 5.97 Å². The Labute approximate surface area is 91.0 Å². The maximum absolute atomic E-state index is 11.0. The number of hydrogen-bond donors (Lipinski definition) is 2. The van der Waals surface area contributed by atoms with Crippen molar-refractivity contribution in [3.05, 3.63) is 0 Å². The molecule has 3 unspecified atom stereocenters. The molecule has 15 heavy (non-hydrogen) atoms. The van der Waals surface area contributed by atoms with Gasteiger partial charge in [0.15, 0.2) is 0 Å². The van der Waals surface area contributed by atoms with Gasteiger partial charge in [0.1, 0.15) is 0 Å². The van der Waals surface area contributed by atoms with Gasteiger partial charge in [0.25, 0.3) is 0 Å². The van der Waals surface area contributed by atoms with Crippen LogP contribution in [0.4, 0.5) is 0 Å². The lowest BCUT2D eigenvalue weighted by molar-refractivity contribution is -0.145. The van der Waals surface area contributed by atoms with E-state index in [1.54, 1.807) is 6.92 Å². The number of aliphatic hydroxyl groups is 1. The topological polar surface area (TPSA) is 58.6 Å². The Bertz CT molecular complexity index is 208. The maximum Gasteiger partial charge on any atom is 0.308 e. The molecular weight excluding hydrogens is 194 g/mol. The number of ether oxygens (including phenoxy) is 1. The normalized spacial score (nSPS) is 26.1. The zero-order valence-corrected chi connectivity index (χ0v) is 9.53. The number of carbonyl (C=O) groups excluding carboxylic acids is 1. The van der Waals surface area contributed by atoms with Crippen molar-refractivity contribution in [1.29, 1.82) is 0 Å². The van der Waals surface area contributed by atoms with Crippen molar-refractivity contribution in [3.8, 4) is 0 Å². The van der Waals surface area contributed by atoms with Crippen molar-refractivity contribution in [1.82, 2.24) is 5.32 Å². The molecule has 2 N–H and O–H groups in total. The summed E-state index contributed by atoms with van der Waals surface area (Å²) in [6.45, 7) is 5.78. The highest BCUT2D eigenvalue weighted by molar-refractivity contribution is 5.69. The summed E-state index contributed by atoms with van der Waals surface area (Å²) < 4.78 is 4.74. The van der Waals surface area contributed by atoms with E-state index in [1.165, 1.54) is 6.42 Å². The standard InChI is InChI=1S/C11H21NO3/c1-3-15-11(14)5-10(13)7-12-6-9-4-8(9)2/h8-10,12-13H,3-7H2,1-2H3. The van der Waals surface area contributed by atoms with Gasteiger partial charge in [-0.05, 0) is 31.7 Å². The third-order valence-corrected chi connectivity index (χ3v) is 2.77. The third kappa shape index (κ3) is 5.14. The van der Waals surface area contributed by atoms with Crippen LogP contribution in [0, 0.1) is 11.8 Å². The fourth-order valence-electron chi connectivity index (χ4n) is 1.60. The van der Waals surface area contributed by atoms with Crippen molar-refractivity contribution in [2.24, 2.45) is 11.8 Å². The second-order valence-corrected chi connectivity index (χ2v) is 4.29. The molecule has 0 aromatic heterocycles. The van der Waals surface area contributed by atoms with E-state index in [4.69, 9.17) is 4.74 Å². The number of hydrogen-bond acceptors (Lipinski definition) is 4. The molecule has 0 bridgehead atoms. The zero-order valence-electron chi connectivity index (χ0n) is 9.53. The summed E-state index contributed by atoms with van der Waals surface area (Å²) in [4.78, 5) is 11.0. The van der Waals surface area contributed by atoms with Crippen molar-refractivity contribution in [3.63, 3.8) is 0 Å². The highest BCUT2D eigenvalue weighted by Gasteiger charge is 2.31. The molecule has 88 valence electrons. The lowest BCUT2D eigenvalue weighted by Gasteiger charge is -2.10. The number of nitrogens with one attached hydrogen (secondary N) is 1. The van der Waals surface area contributed by atoms with E-state index in [2.05, 4.69) is 12.2 Å². The summed E-state index contributed by atoms with van der Waals surface area (Å²) in [7, 11) is 0. The Morgan fingerprint density at radius 3 is 2.87 bits per heavy atom. The first-order chi connectivity index (χ1) is 7.13. The SMILES string of the molecule is CCOC(=O)CC(O)CNCC1CC1C. The van der Waals surface area contributed by atoms with Crippen LogP contribution in [-0.2, 0) is 9.53 Å². The quantitative estimate of drug-likeness (QED) is 0.609. The van der Waals surface area contributed by atoms with Crippen LogP contribution in [0.1, 0.15) is 26.7 Å². The summed E-state index contributed by atoms with van der Waals surface area (Å²) in [6, 6.07) is 0. The summed E-state index contributed by atoms with van der Waals surface area (Å²) in [5.41, 5.74) is 0. The summed E-state index contributed by atoms with van der Waals surface area (Å²) >= 11 is 0. The van der Waals surface area contributed by atoms with Gasteiger partial charge in [-0.1, -0.05) is 6.92 Å². The lowest BCUT2D eigenvalue weighted by atomic mass is 10.2. The molecule has 1 fully saturated rings. The van der Waals surface area contributed by atoms with Crippen molar-refractivity contribution in [2.45, 2.75) is 32.8 Å². The maximum atomic E-state index is 11.0. The predicted molar refractivity (Wildman–Crippen MR) is 57.4 cm³/mol. The largest absolute Gasteiger partial charge is 0.466 e. The molecule has 0 heterocycles. The van der Waals surface area contributed by atoms with Gasteiger partial charge in [-0.3, -0.25) is 4.79 Å². The molecule has 0 aromatic rings. The van der Waals surface area contributed by atoms with Gasteiger partial charge in [-0.15, -0.1) is 0 Å². The van der Waals surface area contributed by atoms with E-state index >= 15 is 0 Å². The van der Waals surface area contributed by atoms with Crippen LogP contribution in [0.5, 0.6) is 0 Å². The molecule has 1 saturated carbocycles. The molecule has 1 rings (SSSR count). The predicted octanol–water partition coefficient (Wildman–Crippen LogP) is 0.546. The van der Waals surface area contributed by atoms with Gasteiger partial charge in [-0.2, -0.15) is 0 Å². The van der Waals surface area contributed by atoms with Crippen LogP contribution in [0.25, 0.3) is 0 Å². The fraction of sp³-hybridized carbons (Fsp3) is 0.909. The molecule has 0 spiro atoms. The van der Waals surface area contributed by atoms with Crippen LogP contribution >= 0.6 is 0 Å². The van der Waals surface area contributed by atoms with Crippen molar-refractivity contribution < 1.29 is 14.6 Å². The number of esters is 1. The van der Waals surface area contributed by atoms with Crippen molar-refractivity contribution >= 4 is 5.97 Å². The van der Waals surface area contributed by atoms with Gasteiger partial charge in [0.2, 0.25) is 0 Å². The van der Waals surface area contributed by atoms with Crippen LogP contribution < -0.4 is 5.32 Å². The summed E-state index contributed by atoms with van der Waals surface area (Å²) in [6.07, 6.45) is 0.736. The molecular formula is C11H21NO3. The van der Waals surface area contributed by atoms with Gasteiger partial charge in [0, 0.05) is 6.54 Å². The molecule has 3 atom stereocenters. The van der Waals surface area contributed by atoms with Crippen LogP contribution in [-0.4, -0.2) is 36.9 Å². The lowest BCUT2D eigenvalue weighted by Crippen LogP contribution is -2.30. The summed E-state index contributed by atoms with van der Waals surface area (Å²) in [5.74, 6) is 1.26. The highest BCUT2D eigenvalue weighted by Crippen LogP contribution is 2.36. The van der Waals surface area contributed by atoms with Gasteiger partial charge in [0.05, 0.1) is 19.1 Å². The van der Waals surface area contributed by atoms with Crippen LogP contribution in [0.15, 0.2) is 0 Å². The van der Waals surface area contributed by atoms with E-state index in [9.17, 15) is 9.90 Å². The van der Waals surface area contributed by atoms with Crippen LogP contribution in [0.2, 0.25) is 0 Å². The molecule has 1 aliphatic rings. The second kappa shape index (κ2) is 6.08. The van der Waals surface area contributed by atoms with E-state index in [0.29, 0.717) is 13.2 Å². The first kappa shape index (κ1) is 12.5. The smallest absolute Gasteiger partial charge is 0.308 e. The molecule has 0 radical (unpaired) electrons. The Hall–Kier alpha value is -0.610. The highest BCUT2D eigenvalue weighted by atomic mass is 16.5. The first-order valence-electron chi connectivity index (χ1n) is 5.67. The molecule has 1 aliphatic carbocycles. The monoisotopic (exact) mass is 215 g/mol. The Balaban J connectivity index is 1.97. The number of aliphatic hydroxyl groups excluding tert-OH is 1. The average Bonchev–Trinajstić information content (AvgIpc) is 2.82. The van der Waals surface area contributed by atoms with E-state index in [-0.39, 0.29) is 12.4 Å². The second-order valence-electron chi connectivity index (χ2n) is 4.29. The average molecular weight is 215 g/mol. The number of carbonyl (C=O) groups is 1. The Kier molecular flexibility index (Phi) is 5.05. The van der Waals surface area contributed by atoms with E-state index < -0.39 is 6.10 Å². The molecule has 0 aromatic carbocycles. The molecule has 0 saturated heterocycles. The Morgan fingerprint density at radius 2 is 2.33 bits per heavy atom. The summed E-state index contributed by atoms with van der Waals surface area (Å²) in [5, 5.41) is 12.6. The van der Waals surface area contributed by atoms with Gasteiger partial charge in [-0.25, -0.2) is 0 Å². The van der Waals surface area contributed by atoms with E-state index in [0.717, 1.165) is 18.4 Å². The number of rotatable bonds is 7. The minimum Gasteiger partial charge on any atom is -0.466 e.